The Labute approximate surface area is 147 Å². The van der Waals surface area contributed by atoms with Crippen molar-refractivity contribution in [2.24, 2.45) is 0 Å². The van der Waals surface area contributed by atoms with Gasteiger partial charge in [0.25, 0.3) is 0 Å². The first kappa shape index (κ1) is 16.8. The molecule has 0 radical (unpaired) electrons. The molecule has 2 heterocycles. The Morgan fingerprint density at radius 3 is 2.92 bits per heavy atom. The largest absolute Gasteiger partial charge is 0.496 e. The van der Waals surface area contributed by atoms with Crippen LogP contribution in [0.25, 0.3) is 0 Å². The molecule has 1 amide bonds. The van der Waals surface area contributed by atoms with Crippen LogP contribution in [-0.4, -0.2) is 22.8 Å². The number of amides is 1. The molecular formula is C18H22ClN3O2. The topological polar surface area (TPSA) is 56.2 Å². The lowest BCUT2D eigenvalue weighted by Crippen LogP contribution is -2.33. The van der Waals surface area contributed by atoms with Crippen molar-refractivity contribution < 1.29 is 9.53 Å². The van der Waals surface area contributed by atoms with Crippen molar-refractivity contribution >= 4 is 17.5 Å². The highest BCUT2D eigenvalue weighted by Gasteiger charge is 2.25. The first-order chi connectivity index (χ1) is 11.5. The van der Waals surface area contributed by atoms with Gasteiger partial charge < -0.3 is 10.1 Å². The number of ether oxygens (including phenoxy) is 1. The molecule has 2 aromatic rings. The quantitative estimate of drug-likeness (QED) is 0.920. The van der Waals surface area contributed by atoms with Crippen LogP contribution < -0.4 is 10.1 Å². The summed E-state index contributed by atoms with van der Waals surface area (Å²) in [5.41, 5.74) is 4.14. The molecule has 5 nitrogen and oxygen atoms in total. The number of nitrogens with zero attached hydrogens (tertiary/aromatic N) is 2. The number of aryl methyl sites for hydroxylation is 1. The van der Waals surface area contributed by atoms with Crippen molar-refractivity contribution in [3.8, 4) is 5.75 Å². The van der Waals surface area contributed by atoms with Crippen LogP contribution in [0.4, 0.5) is 0 Å². The van der Waals surface area contributed by atoms with Gasteiger partial charge in [-0.25, -0.2) is 0 Å². The summed E-state index contributed by atoms with van der Waals surface area (Å²) in [6.07, 6.45) is 2.49. The Hall–Kier alpha value is -2.01. The number of rotatable bonds is 4. The molecule has 1 aromatic heterocycles. The third kappa shape index (κ3) is 3.26. The molecule has 1 N–H and O–H groups in total. The lowest BCUT2D eigenvalue weighted by atomic mass is 9.96. The van der Waals surface area contributed by atoms with Crippen molar-refractivity contribution in [1.29, 1.82) is 0 Å². The summed E-state index contributed by atoms with van der Waals surface area (Å²) in [4.78, 5) is 11.7. The minimum atomic E-state index is 0.0567. The highest BCUT2D eigenvalue weighted by molar-refractivity contribution is 6.30. The summed E-state index contributed by atoms with van der Waals surface area (Å²) < 4.78 is 7.38. The minimum Gasteiger partial charge on any atom is -0.496 e. The van der Waals surface area contributed by atoms with Gasteiger partial charge in [-0.3, -0.25) is 9.48 Å². The molecule has 0 saturated carbocycles. The van der Waals surface area contributed by atoms with E-state index in [0.717, 1.165) is 41.1 Å². The fourth-order valence-electron chi connectivity index (χ4n) is 3.42. The molecule has 1 aromatic carbocycles. The fraction of sp³-hybridized carbons (Fsp3) is 0.444. The van der Waals surface area contributed by atoms with Crippen LogP contribution in [0.1, 0.15) is 47.8 Å². The number of aromatic nitrogens is 2. The van der Waals surface area contributed by atoms with E-state index < -0.39 is 0 Å². The Balaban J connectivity index is 1.92. The Kier molecular flexibility index (Phi) is 4.81. The van der Waals surface area contributed by atoms with E-state index >= 15 is 0 Å². The van der Waals surface area contributed by atoms with Gasteiger partial charge in [-0.15, -0.1) is 0 Å². The maximum atomic E-state index is 11.7. The second kappa shape index (κ2) is 6.85. The van der Waals surface area contributed by atoms with Crippen molar-refractivity contribution in [3.63, 3.8) is 0 Å². The predicted molar refractivity (Wildman–Crippen MR) is 93.5 cm³/mol. The molecule has 1 aliphatic heterocycles. The van der Waals surface area contributed by atoms with E-state index in [9.17, 15) is 4.79 Å². The number of carbonyl (C=O) groups is 1. The SMILES string of the molecule is COc1ccc(Cl)cc1Cn1nc(C)c([C@H]2CCCC(=O)N2)c1C. The summed E-state index contributed by atoms with van der Waals surface area (Å²) in [6.45, 7) is 4.62. The van der Waals surface area contributed by atoms with Gasteiger partial charge in [0.1, 0.15) is 5.75 Å². The van der Waals surface area contributed by atoms with Crippen molar-refractivity contribution in [2.75, 3.05) is 7.11 Å². The van der Waals surface area contributed by atoms with Gasteiger partial charge in [-0.05, 0) is 44.9 Å². The van der Waals surface area contributed by atoms with E-state index in [1.807, 2.05) is 36.7 Å². The number of halogens is 1. The van der Waals surface area contributed by atoms with Crippen LogP contribution in [0.5, 0.6) is 5.75 Å². The zero-order chi connectivity index (χ0) is 17.3. The van der Waals surface area contributed by atoms with Gasteiger partial charge in [-0.1, -0.05) is 11.6 Å². The molecule has 1 saturated heterocycles. The molecule has 128 valence electrons. The standard InChI is InChI=1S/C18H22ClN3O2/c1-11-18(15-5-4-6-17(23)20-15)12(2)22(21-11)10-13-9-14(19)7-8-16(13)24-3/h7-9,15H,4-6,10H2,1-3H3,(H,20,23)/t15-/m1/s1. The zero-order valence-electron chi connectivity index (χ0n) is 14.2. The molecule has 3 rings (SSSR count). The van der Waals surface area contributed by atoms with Crippen molar-refractivity contribution in [1.82, 2.24) is 15.1 Å². The van der Waals surface area contributed by atoms with Crippen molar-refractivity contribution in [3.05, 3.63) is 45.7 Å². The second-order valence-electron chi connectivity index (χ2n) is 6.21. The van der Waals surface area contributed by atoms with Gasteiger partial charge >= 0.3 is 0 Å². The molecule has 0 spiro atoms. The van der Waals surface area contributed by atoms with Crippen LogP contribution in [-0.2, 0) is 11.3 Å². The number of hydrogen-bond acceptors (Lipinski definition) is 3. The average molecular weight is 348 g/mol. The molecule has 0 unspecified atom stereocenters. The highest BCUT2D eigenvalue weighted by Crippen LogP contribution is 2.30. The fourth-order valence-corrected chi connectivity index (χ4v) is 3.62. The third-order valence-corrected chi connectivity index (χ3v) is 4.82. The van der Waals surface area contributed by atoms with E-state index in [-0.39, 0.29) is 11.9 Å². The van der Waals surface area contributed by atoms with E-state index in [1.54, 1.807) is 7.11 Å². The molecular weight excluding hydrogens is 326 g/mol. The summed E-state index contributed by atoms with van der Waals surface area (Å²) >= 11 is 6.12. The summed E-state index contributed by atoms with van der Waals surface area (Å²) in [5, 5.41) is 8.44. The van der Waals surface area contributed by atoms with Crippen LogP contribution >= 0.6 is 11.6 Å². The molecule has 1 atom stereocenters. The summed E-state index contributed by atoms with van der Waals surface area (Å²) in [7, 11) is 1.65. The smallest absolute Gasteiger partial charge is 0.220 e. The first-order valence-corrected chi connectivity index (χ1v) is 8.53. The number of hydrogen-bond donors (Lipinski definition) is 1. The maximum absolute atomic E-state index is 11.7. The number of methoxy groups -OCH3 is 1. The maximum Gasteiger partial charge on any atom is 0.220 e. The Morgan fingerprint density at radius 2 is 2.21 bits per heavy atom. The third-order valence-electron chi connectivity index (χ3n) is 4.58. The lowest BCUT2D eigenvalue weighted by molar-refractivity contribution is -0.123. The Bertz CT molecular complexity index is 770. The second-order valence-corrected chi connectivity index (χ2v) is 6.65. The minimum absolute atomic E-state index is 0.0567. The van der Waals surface area contributed by atoms with E-state index in [2.05, 4.69) is 10.4 Å². The molecule has 0 aliphatic carbocycles. The molecule has 1 fully saturated rings. The molecule has 1 aliphatic rings. The summed E-state index contributed by atoms with van der Waals surface area (Å²) in [5.74, 6) is 0.911. The summed E-state index contributed by atoms with van der Waals surface area (Å²) in [6, 6.07) is 5.64. The number of piperidine rings is 1. The van der Waals surface area contributed by atoms with Crippen molar-refractivity contribution in [2.45, 2.75) is 45.7 Å². The van der Waals surface area contributed by atoms with Gasteiger partial charge in [-0.2, -0.15) is 5.10 Å². The molecule has 0 bridgehead atoms. The number of benzene rings is 1. The monoisotopic (exact) mass is 347 g/mol. The van der Waals surface area contributed by atoms with Crippen LogP contribution in [0.2, 0.25) is 5.02 Å². The zero-order valence-corrected chi connectivity index (χ0v) is 15.0. The van der Waals surface area contributed by atoms with E-state index in [0.29, 0.717) is 18.0 Å². The highest BCUT2D eigenvalue weighted by atomic mass is 35.5. The first-order valence-electron chi connectivity index (χ1n) is 8.15. The van der Waals surface area contributed by atoms with Crippen LogP contribution in [0.3, 0.4) is 0 Å². The Morgan fingerprint density at radius 1 is 1.42 bits per heavy atom. The lowest BCUT2D eigenvalue weighted by Gasteiger charge is -2.24. The van der Waals surface area contributed by atoms with E-state index in [1.165, 1.54) is 0 Å². The van der Waals surface area contributed by atoms with Gasteiger partial charge in [0.2, 0.25) is 5.91 Å². The van der Waals surface area contributed by atoms with Gasteiger partial charge in [0, 0.05) is 28.3 Å². The number of carbonyl (C=O) groups excluding carboxylic acids is 1. The normalized spacial score (nSPS) is 17.7. The molecule has 6 heteroatoms. The van der Waals surface area contributed by atoms with E-state index in [4.69, 9.17) is 16.3 Å². The number of nitrogens with one attached hydrogen (secondary N) is 1. The molecule has 24 heavy (non-hydrogen) atoms. The van der Waals surface area contributed by atoms with Crippen LogP contribution in [0.15, 0.2) is 18.2 Å². The predicted octanol–water partition coefficient (Wildman–Crippen LogP) is 3.55. The van der Waals surface area contributed by atoms with Gasteiger partial charge in [0.15, 0.2) is 0 Å². The van der Waals surface area contributed by atoms with Gasteiger partial charge in [0.05, 0.1) is 25.4 Å². The average Bonchev–Trinajstić information content (AvgIpc) is 2.81. The van der Waals surface area contributed by atoms with Crippen LogP contribution in [0, 0.1) is 13.8 Å².